The molecular weight excluding hydrogens is 282 g/mol. The zero-order valence-corrected chi connectivity index (χ0v) is 14.3. The Hall–Kier alpha value is -1.33. The largest absolute Gasteiger partial charge is 0.432 e. The summed E-state index contributed by atoms with van der Waals surface area (Å²) in [5.74, 6) is 0. The summed E-state index contributed by atoms with van der Waals surface area (Å²) >= 11 is 1.79. The fourth-order valence-corrected chi connectivity index (χ4v) is 2.77. The molecule has 0 spiro atoms. The molecule has 0 aliphatic rings. The van der Waals surface area contributed by atoms with Crippen LogP contribution in [0.25, 0.3) is 0 Å². The van der Waals surface area contributed by atoms with Crippen LogP contribution in [0, 0.1) is 0 Å². The van der Waals surface area contributed by atoms with E-state index in [1.807, 2.05) is 7.05 Å². The molecule has 0 fully saturated rings. The molecule has 0 aromatic carbocycles. The SMILES string of the molecule is CC(Cc1cccs1)N(C)c1nc(CNC(C)(C)C)co1. The van der Waals surface area contributed by atoms with Crippen LogP contribution in [0.5, 0.6) is 0 Å². The molecule has 2 rings (SSSR count). The van der Waals surface area contributed by atoms with Crippen LogP contribution in [-0.4, -0.2) is 23.6 Å². The number of anilines is 1. The predicted molar refractivity (Wildman–Crippen MR) is 89.0 cm³/mol. The number of oxazole rings is 1. The topological polar surface area (TPSA) is 41.3 Å². The second-order valence-corrected chi connectivity index (χ2v) is 7.50. The van der Waals surface area contributed by atoms with Crippen molar-refractivity contribution in [1.82, 2.24) is 10.3 Å². The van der Waals surface area contributed by atoms with Crippen LogP contribution >= 0.6 is 11.3 Å². The van der Waals surface area contributed by atoms with Gasteiger partial charge in [-0.1, -0.05) is 6.07 Å². The van der Waals surface area contributed by atoms with E-state index in [1.165, 1.54) is 4.88 Å². The molecule has 2 heterocycles. The first-order valence-electron chi connectivity index (χ1n) is 7.30. The first-order chi connectivity index (χ1) is 9.85. The summed E-state index contributed by atoms with van der Waals surface area (Å²) in [5.41, 5.74) is 1.02. The lowest BCUT2D eigenvalue weighted by Gasteiger charge is -2.22. The minimum absolute atomic E-state index is 0.0808. The maximum Gasteiger partial charge on any atom is 0.297 e. The number of thiophene rings is 1. The van der Waals surface area contributed by atoms with E-state index in [2.05, 4.69) is 60.4 Å². The Kier molecular flexibility index (Phi) is 5.06. The highest BCUT2D eigenvalue weighted by Crippen LogP contribution is 2.19. The summed E-state index contributed by atoms with van der Waals surface area (Å²) in [5, 5.41) is 5.53. The van der Waals surface area contributed by atoms with E-state index >= 15 is 0 Å². The Labute approximate surface area is 131 Å². The van der Waals surface area contributed by atoms with Crippen molar-refractivity contribution in [3.8, 4) is 0 Å². The fourth-order valence-electron chi connectivity index (χ4n) is 1.94. The molecule has 116 valence electrons. The number of nitrogens with zero attached hydrogens (tertiary/aromatic N) is 2. The smallest absolute Gasteiger partial charge is 0.297 e. The normalized spacial score (nSPS) is 13.4. The first-order valence-corrected chi connectivity index (χ1v) is 8.18. The number of hydrogen-bond acceptors (Lipinski definition) is 5. The predicted octanol–water partition coefficient (Wildman–Crippen LogP) is 3.69. The highest BCUT2D eigenvalue weighted by Gasteiger charge is 2.17. The van der Waals surface area contributed by atoms with Gasteiger partial charge in [0, 0.05) is 36.5 Å². The van der Waals surface area contributed by atoms with Gasteiger partial charge in [0.1, 0.15) is 6.26 Å². The summed E-state index contributed by atoms with van der Waals surface area (Å²) in [7, 11) is 2.03. The highest BCUT2D eigenvalue weighted by molar-refractivity contribution is 7.09. The molecule has 0 bridgehead atoms. The Morgan fingerprint density at radius 2 is 2.19 bits per heavy atom. The van der Waals surface area contributed by atoms with Gasteiger partial charge in [0.25, 0.3) is 6.01 Å². The average Bonchev–Trinajstić information content (AvgIpc) is 3.05. The lowest BCUT2D eigenvalue weighted by molar-refractivity contribution is 0.421. The summed E-state index contributed by atoms with van der Waals surface area (Å²) in [6.07, 6.45) is 2.74. The summed E-state index contributed by atoms with van der Waals surface area (Å²) in [6, 6.07) is 5.30. The van der Waals surface area contributed by atoms with Gasteiger partial charge in [-0.05, 0) is 39.1 Å². The Balaban J connectivity index is 1.93. The van der Waals surface area contributed by atoms with E-state index < -0.39 is 0 Å². The molecule has 1 N–H and O–H groups in total. The minimum atomic E-state index is 0.0808. The van der Waals surface area contributed by atoms with Crippen LogP contribution in [0.1, 0.15) is 38.3 Å². The van der Waals surface area contributed by atoms with Crippen molar-refractivity contribution in [1.29, 1.82) is 0 Å². The number of likely N-dealkylation sites (N-methyl/N-ethyl adjacent to an activating group) is 1. The number of hydrogen-bond donors (Lipinski definition) is 1. The zero-order valence-electron chi connectivity index (χ0n) is 13.5. The third kappa shape index (κ3) is 4.86. The first kappa shape index (κ1) is 16.0. The van der Waals surface area contributed by atoms with E-state index in [0.717, 1.165) is 18.7 Å². The van der Waals surface area contributed by atoms with E-state index in [9.17, 15) is 0 Å². The minimum Gasteiger partial charge on any atom is -0.432 e. The molecule has 0 aliphatic carbocycles. The van der Waals surface area contributed by atoms with Crippen molar-refractivity contribution in [2.24, 2.45) is 0 Å². The van der Waals surface area contributed by atoms with Gasteiger partial charge in [-0.25, -0.2) is 0 Å². The van der Waals surface area contributed by atoms with Crippen molar-refractivity contribution in [3.63, 3.8) is 0 Å². The number of nitrogens with one attached hydrogen (secondary N) is 1. The van der Waals surface area contributed by atoms with Gasteiger partial charge >= 0.3 is 0 Å². The Bertz CT molecular complexity index is 542. The molecule has 21 heavy (non-hydrogen) atoms. The van der Waals surface area contributed by atoms with Crippen LogP contribution < -0.4 is 10.2 Å². The van der Waals surface area contributed by atoms with Gasteiger partial charge < -0.3 is 14.6 Å². The van der Waals surface area contributed by atoms with Gasteiger partial charge in [-0.15, -0.1) is 11.3 Å². The molecule has 5 heteroatoms. The average molecular weight is 307 g/mol. The number of rotatable bonds is 6. The maximum absolute atomic E-state index is 5.61. The molecule has 0 saturated heterocycles. The quantitative estimate of drug-likeness (QED) is 0.883. The van der Waals surface area contributed by atoms with Crippen molar-refractivity contribution < 1.29 is 4.42 Å². The lowest BCUT2D eigenvalue weighted by Crippen LogP contribution is -2.35. The third-order valence-corrected chi connectivity index (χ3v) is 4.28. The van der Waals surface area contributed by atoms with Gasteiger partial charge in [-0.2, -0.15) is 4.98 Å². The molecular formula is C16H25N3OS. The van der Waals surface area contributed by atoms with E-state index in [-0.39, 0.29) is 5.54 Å². The molecule has 1 unspecified atom stereocenters. The Morgan fingerprint density at radius 1 is 1.43 bits per heavy atom. The third-order valence-electron chi connectivity index (χ3n) is 3.38. The molecule has 2 aromatic heterocycles. The lowest BCUT2D eigenvalue weighted by atomic mass is 10.1. The maximum atomic E-state index is 5.61. The highest BCUT2D eigenvalue weighted by atomic mass is 32.1. The van der Waals surface area contributed by atoms with E-state index in [4.69, 9.17) is 4.42 Å². The van der Waals surface area contributed by atoms with Crippen molar-refractivity contribution >= 4 is 17.4 Å². The van der Waals surface area contributed by atoms with E-state index in [1.54, 1.807) is 17.6 Å². The van der Waals surface area contributed by atoms with Crippen LogP contribution in [0.2, 0.25) is 0 Å². The summed E-state index contributed by atoms with van der Waals surface area (Å²) in [6.45, 7) is 9.34. The van der Waals surface area contributed by atoms with Gasteiger partial charge in [0.05, 0.1) is 5.69 Å². The molecule has 0 amide bonds. The summed E-state index contributed by atoms with van der Waals surface area (Å²) in [4.78, 5) is 8.05. The zero-order chi connectivity index (χ0) is 15.5. The fraction of sp³-hybridized carbons (Fsp3) is 0.562. The van der Waals surface area contributed by atoms with Gasteiger partial charge in [0.2, 0.25) is 0 Å². The van der Waals surface area contributed by atoms with Gasteiger partial charge in [-0.3, -0.25) is 0 Å². The summed E-state index contributed by atoms with van der Waals surface area (Å²) < 4.78 is 5.61. The molecule has 0 radical (unpaired) electrons. The molecule has 0 saturated carbocycles. The van der Waals surface area contributed by atoms with Crippen LogP contribution in [-0.2, 0) is 13.0 Å². The van der Waals surface area contributed by atoms with Crippen LogP contribution in [0.15, 0.2) is 28.2 Å². The second kappa shape index (κ2) is 6.62. The van der Waals surface area contributed by atoms with Crippen molar-refractivity contribution in [2.45, 2.75) is 52.2 Å². The molecule has 4 nitrogen and oxygen atoms in total. The van der Waals surface area contributed by atoms with Crippen LogP contribution in [0.4, 0.5) is 6.01 Å². The molecule has 0 aliphatic heterocycles. The van der Waals surface area contributed by atoms with Crippen LogP contribution in [0.3, 0.4) is 0 Å². The van der Waals surface area contributed by atoms with Crippen molar-refractivity contribution in [2.75, 3.05) is 11.9 Å². The number of aromatic nitrogens is 1. The van der Waals surface area contributed by atoms with Gasteiger partial charge in [0.15, 0.2) is 0 Å². The Morgan fingerprint density at radius 3 is 2.81 bits per heavy atom. The monoisotopic (exact) mass is 307 g/mol. The molecule has 2 aromatic rings. The van der Waals surface area contributed by atoms with E-state index in [0.29, 0.717) is 12.1 Å². The molecule has 1 atom stereocenters. The standard InChI is InChI=1S/C16H25N3OS/c1-12(9-14-7-6-8-21-14)19(5)15-18-13(11-20-15)10-17-16(2,3)4/h6-8,11-12,17H,9-10H2,1-5H3. The second-order valence-electron chi connectivity index (χ2n) is 6.47. The van der Waals surface area contributed by atoms with Crippen molar-refractivity contribution in [3.05, 3.63) is 34.3 Å².